The zero-order chi connectivity index (χ0) is 15.7. The van der Waals surface area contributed by atoms with Crippen molar-refractivity contribution in [3.05, 3.63) is 12.2 Å². The van der Waals surface area contributed by atoms with Crippen molar-refractivity contribution >= 4 is 11.9 Å². The van der Waals surface area contributed by atoms with E-state index in [-0.39, 0.29) is 6.54 Å². The lowest BCUT2D eigenvalue weighted by Crippen LogP contribution is -2.48. The van der Waals surface area contributed by atoms with E-state index in [0.717, 1.165) is 10.5 Å². The van der Waals surface area contributed by atoms with Gasteiger partial charge in [-0.25, -0.2) is 0 Å². The molecule has 0 bridgehead atoms. The first-order valence-corrected chi connectivity index (χ1v) is 6.24. The number of nitrogens with zero attached hydrogens (tertiary/aromatic N) is 1. The first kappa shape index (κ1) is 16.5. The van der Waals surface area contributed by atoms with Crippen LogP contribution in [0.25, 0.3) is 0 Å². The first-order chi connectivity index (χ1) is 9.01. The van der Waals surface area contributed by atoms with Gasteiger partial charge in [0.2, 0.25) is 5.91 Å². The summed E-state index contributed by atoms with van der Waals surface area (Å²) in [4.78, 5) is 24.1. The van der Waals surface area contributed by atoms with Crippen molar-refractivity contribution in [3.8, 4) is 0 Å². The standard InChI is InChI=1S/C13H18F3NO3/c1-8(2)6-9(3)10(18)17-5-4-12(7-17,11(19)20)13(14,15)16/h9H,1,4-7H2,2-3H3,(H,19,20). The molecule has 1 aliphatic rings. The molecule has 1 saturated heterocycles. The number of carboxylic acids is 1. The van der Waals surface area contributed by atoms with Gasteiger partial charge in [0.15, 0.2) is 5.41 Å². The molecule has 114 valence electrons. The number of allylic oxidation sites excluding steroid dienone is 1. The predicted molar refractivity (Wildman–Crippen MR) is 65.9 cm³/mol. The monoisotopic (exact) mass is 293 g/mol. The molecule has 0 aliphatic carbocycles. The third-order valence-electron chi connectivity index (χ3n) is 3.61. The van der Waals surface area contributed by atoms with Crippen molar-refractivity contribution in [2.75, 3.05) is 13.1 Å². The molecule has 1 aliphatic heterocycles. The van der Waals surface area contributed by atoms with Gasteiger partial charge in [0, 0.05) is 19.0 Å². The van der Waals surface area contributed by atoms with E-state index >= 15 is 0 Å². The Kier molecular flexibility index (Phi) is 4.51. The van der Waals surface area contributed by atoms with Crippen molar-refractivity contribution in [2.45, 2.75) is 32.9 Å². The topological polar surface area (TPSA) is 57.6 Å². The maximum absolute atomic E-state index is 13.0. The minimum atomic E-state index is -4.87. The number of likely N-dealkylation sites (tertiary alicyclic amines) is 1. The Labute approximate surface area is 115 Å². The molecular formula is C13H18F3NO3. The molecule has 0 aromatic heterocycles. The van der Waals surface area contributed by atoms with Crippen molar-refractivity contribution < 1.29 is 27.9 Å². The van der Waals surface area contributed by atoms with E-state index in [2.05, 4.69) is 6.58 Å². The van der Waals surface area contributed by atoms with Gasteiger partial charge in [0.25, 0.3) is 0 Å². The number of carboxylic acid groups (broad SMARTS) is 1. The quantitative estimate of drug-likeness (QED) is 0.810. The van der Waals surface area contributed by atoms with Gasteiger partial charge in [0.05, 0.1) is 0 Å². The van der Waals surface area contributed by atoms with Gasteiger partial charge in [-0.15, -0.1) is 6.58 Å². The van der Waals surface area contributed by atoms with Crippen molar-refractivity contribution in [1.82, 2.24) is 4.90 Å². The minimum absolute atomic E-state index is 0.189. The Morgan fingerprint density at radius 3 is 2.35 bits per heavy atom. The molecule has 1 fully saturated rings. The van der Waals surface area contributed by atoms with Gasteiger partial charge in [-0.3, -0.25) is 9.59 Å². The average molecular weight is 293 g/mol. The fourth-order valence-electron chi connectivity index (χ4n) is 2.45. The summed E-state index contributed by atoms with van der Waals surface area (Å²) in [5.74, 6) is -2.88. The van der Waals surface area contributed by atoms with E-state index in [0.29, 0.717) is 6.42 Å². The van der Waals surface area contributed by atoms with Crippen LogP contribution in [0.5, 0.6) is 0 Å². The van der Waals surface area contributed by atoms with Crippen LogP contribution in [0, 0.1) is 11.3 Å². The number of halogens is 3. The van der Waals surface area contributed by atoms with Crippen molar-refractivity contribution in [2.24, 2.45) is 11.3 Å². The Morgan fingerprint density at radius 2 is 2.00 bits per heavy atom. The van der Waals surface area contributed by atoms with Crippen LogP contribution in [-0.2, 0) is 9.59 Å². The molecule has 4 nitrogen and oxygen atoms in total. The van der Waals surface area contributed by atoms with E-state index in [1.165, 1.54) is 0 Å². The molecule has 0 aromatic carbocycles. The lowest BCUT2D eigenvalue weighted by Gasteiger charge is -2.28. The lowest BCUT2D eigenvalue weighted by atomic mass is 9.86. The molecule has 1 heterocycles. The second-order valence-electron chi connectivity index (χ2n) is 5.46. The average Bonchev–Trinajstić information content (AvgIpc) is 2.72. The molecule has 0 spiro atoms. The van der Waals surface area contributed by atoms with E-state index in [4.69, 9.17) is 5.11 Å². The summed E-state index contributed by atoms with van der Waals surface area (Å²) in [5.41, 5.74) is -2.09. The number of hydrogen-bond donors (Lipinski definition) is 1. The molecule has 0 radical (unpaired) electrons. The van der Waals surface area contributed by atoms with Gasteiger partial charge >= 0.3 is 12.1 Å². The van der Waals surface area contributed by atoms with Gasteiger partial charge in [-0.2, -0.15) is 13.2 Å². The van der Waals surface area contributed by atoms with Crippen molar-refractivity contribution in [1.29, 1.82) is 0 Å². The SMILES string of the molecule is C=C(C)CC(C)C(=O)N1CCC(C(=O)O)(C(F)(F)F)C1. The number of amides is 1. The number of carbonyl (C=O) groups excluding carboxylic acids is 1. The summed E-state index contributed by atoms with van der Waals surface area (Å²) in [6.07, 6.45) is -5.09. The van der Waals surface area contributed by atoms with Gasteiger partial charge < -0.3 is 10.0 Å². The van der Waals surface area contributed by atoms with Crippen LogP contribution in [0.15, 0.2) is 12.2 Å². The van der Waals surface area contributed by atoms with Crippen LogP contribution in [-0.4, -0.2) is 41.1 Å². The third kappa shape index (κ3) is 2.96. The predicted octanol–water partition coefficient (Wildman–Crippen LogP) is 2.45. The van der Waals surface area contributed by atoms with Crippen LogP contribution in [0.2, 0.25) is 0 Å². The van der Waals surface area contributed by atoms with Gasteiger partial charge in [-0.05, 0) is 19.8 Å². The summed E-state index contributed by atoms with van der Waals surface area (Å²) in [6, 6.07) is 0. The number of carbonyl (C=O) groups is 2. The molecule has 0 saturated carbocycles. The Hall–Kier alpha value is -1.53. The van der Waals surface area contributed by atoms with Crippen LogP contribution in [0.4, 0.5) is 13.2 Å². The van der Waals surface area contributed by atoms with Crippen LogP contribution in [0.1, 0.15) is 26.7 Å². The third-order valence-corrected chi connectivity index (χ3v) is 3.61. The zero-order valence-corrected chi connectivity index (χ0v) is 11.5. The fourth-order valence-corrected chi connectivity index (χ4v) is 2.45. The lowest BCUT2D eigenvalue weighted by molar-refractivity contribution is -0.227. The molecule has 20 heavy (non-hydrogen) atoms. The molecule has 1 amide bonds. The molecule has 1 N–H and O–H groups in total. The van der Waals surface area contributed by atoms with Crippen LogP contribution in [0.3, 0.4) is 0 Å². The van der Waals surface area contributed by atoms with Crippen molar-refractivity contribution in [3.63, 3.8) is 0 Å². The summed E-state index contributed by atoms with van der Waals surface area (Å²) in [7, 11) is 0. The Bertz CT molecular complexity index is 433. The van der Waals surface area contributed by atoms with Gasteiger partial charge in [0.1, 0.15) is 0 Å². The molecule has 2 atom stereocenters. The summed E-state index contributed by atoms with van der Waals surface area (Å²) >= 11 is 0. The maximum atomic E-state index is 13.0. The number of aliphatic carboxylic acids is 1. The Morgan fingerprint density at radius 1 is 1.45 bits per heavy atom. The summed E-state index contributed by atoms with van der Waals surface area (Å²) in [5, 5.41) is 8.91. The minimum Gasteiger partial charge on any atom is -0.481 e. The molecular weight excluding hydrogens is 275 g/mol. The Balaban J connectivity index is 2.87. The second-order valence-corrected chi connectivity index (χ2v) is 5.46. The highest BCUT2D eigenvalue weighted by Gasteiger charge is 2.64. The largest absolute Gasteiger partial charge is 0.481 e. The highest BCUT2D eigenvalue weighted by molar-refractivity contribution is 5.82. The normalized spacial score (nSPS) is 24.6. The zero-order valence-electron chi connectivity index (χ0n) is 11.5. The van der Waals surface area contributed by atoms with Crippen LogP contribution < -0.4 is 0 Å². The number of rotatable bonds is 4. The summed E-state index contributed by atoms with van der Waals surface area (Å²) < 4.78 is 38.9. The number of alkyl halides is 3. The van der Waals surface area contributed by atoms with Gasteiger partial charge in [-0.1, -0.05) is 12.5 Å². The molecule has 7 heteroatoms. The molecule has 2 unspecified atom stereocenters. The fraction of sp³-hybridized carbons (Fsp3) is 0.692. The maximum Gasteiger partial charge on any atom is 0.406 e. The van der Waals surface area contributed by atoms with E-state index in [1.54, 1.807) is 13.8 Å². The summed E-state index contributed by atoms with van der Waals surface area (Å²) in [6.45, 7) is 5.98. The van der Waals surface area contributed by atoms with E-state index in [9.17, 15) is 22.8 Å². The van der Waals surface area contributed by atoms with Crippen LogP contribution >= 0.6 is 0 Å². The number of hydrogen-bond acceptors (Lipinski definition) is 2. The smallest absolute Gasteiger partial charge is 0.406 e. The van der Waals surface area contributed by atoms with E-state index < -0.39 is 42.4 Å². The highest BCUT2D eigenvalue weighted by atomic mass is 19.4. The highest BCUT2D eigenvalue weighted by Crippen LogP contribution is 2.46. The van der Waals surface area contributed by atoms with E-state index in [1.807, 2.05) is 0 Å². The first-order valence-electron chi connectivity index (χ1n) is 6.24. The molecule has 1 rings (SSSR count). The molecule has 0 aromatic rings. The second kappa shape index (κ2) is 5.46.